The highest BCUT2D eigenvalue weighted by Gasteiger charge is 2.55. The van der Waals surface area contributed by atoms with E-state index in [-0.39, 0.29) is 0 Å². The molecular weight excluding hydrogens is 192 g/mol. The van der Waals surface area contributed by atoms with Crippen LogP contribution in [0.5, 0.6) is 0 Å². The van der Waals surface area contributed by atoms with Crippen LogP contribution in [0, 0.1) is 11.8 Å². The van der Waals surface area contributed by atoms with Crippen LogP contribution in [0.2, 0.25) is 0 Å². The van der Waals surface area contributed by atoms with Gasteiger partial charge < -0.3 is 0 Å². The Bertz CT molecular complexity index is 284. The maximum Gasteiger partial charge on any atom is 0.405 e. The van der Waals surface area contributed by atoms with Crippen molar-refractivity contribution in [2.24, 2.45) is 11.8 Å². The molecule has 2 unspecified atom stereocenters. The van der Waals surface area contributed by atoms with Crippen LogP contribution in [0.4, 0.5) is 0 Å². The van der Waals surface area contributed by atoms with E-state index in [0.29, 0.717) is 24.7 Å². The normalized spacial score (nSPS) is 41.4. The first-order chi connectivity index (χ1) is 5.91. The first kappa shape index (κ1) is 9.43. The van der Waals surface area contributed by atoms with Crippen molar-refractivity contribution >= 4 is 10.4 Å². The van der Waals surface area contributed by atoms with Crippen molar-refractivity contribution in [3.8, 4) is 0 Å². The second kappa shape index (κ2) is 2.68. The van der Waals surface area contributed by atoms with Crippen LogP contribution in [0.15, 0.2) is 0 Å². The molecule has 1 saturated carbocycles. The van der Waals surface area contributed by atoms with Gasteiger partial charge in [0.1, 0.15) is 0 Å². The third-order valence-electron chi connectivity index (χ3n) is 2.63. The summed E-state index contributed by atoms with van der Waals surface area (Å²) in [6, 6.07) is 0. The van der Waals surface area contributed by atoms with Crippen LogP contribution in [-0.2, 0) is 18.8 Å². The lowest BCUT2D eigenvalue weighted by atomic mass is 9.80. The summed E-state index contributed by atoms with van der Waals surface area (Å²) in [5.41, 5.74) is 0. The molecule has 1 aliphatic heterocycles. The van der Waals surface area contributed by atoms with Gasteiger partial charge >= 0.3 is 10.4 Å². The summed E-state index contributed by atoms with van der Waals surface area (Å²) in [5.74, 6) is 0.133. The summed E-state index contributed by atoms with van der Waals surface area (Å²) in [5, 5.41) is 0. The monoisotopic (exact) mass is 206 g/mol. The molecule has 2 atom stereocenters. The summed E-state index contributed by atoms with van der Waals surface area (Å²) in [6.07, 6.45) is 2.50. The Labute approximate surface area is 78.6 Å². The van der Waals surface area contributed by atoms with Gasteiger partial charge in [0.15, 0.2) is 0 Å². The molecule has 2 rings (SSSR count). The summed E-state index contributed by atoms with van der Waals surface area (Å²) in [7, 11) is -3.64. The summed E-state index contributed by atoms with van der Waals surface area (Å²) < 4.78 is 31.1. The van der Waals surface area contributed by atoms with Crippen LogP contribution in [0.3, 0.4) is 0 Å². The van der Waals surface area contributed by atoms with E-state index in [1.807, 2.05) is 0 Å². The molecule has 0 bridgehead atoms. The average molecular weight is 206 g/mol. The largest absolute Gasteiger partial charge is 0.405 e. The molecule has 4 nitrogen and oxygen atoms in total. The van der Waals surface area contributed by atoms with Crippen molar-refractivity contribution in [3.63, 3.8) is 0 Å². The van der Waals surface area contributed by atoms with Gasteiger partial charge in [0.25, 0.3) is 0 Å². The van der Waals surface area contributed by atoms with E-state index in [1.165, 1.54) is 0 Å². The highest BCUT2D eigenvalue weighted by atomic mass is 32.3. The number of hydrogen-bond donors (Lipinski definition) is 0. The van der Waals surface area contributed by atoms with Crippen LogP contribution in [0.25, 0.3) is 0 Å². The molecule has 2 aliphatic rings. The summed E-state index contributed by atoms with van der Waals surface area (Å²) >= 11 is 0. The standard InChI is InChI=1S/C8H14O4S/c1-6-3-7(2)5-8(4-6)11-13(9,10)12-8/h6-7H,3-5H2,1-2H3. The Kier molecular flexibility index (Phi) is 1.94. The molecule has 5 heteroatoms. The van der Waals surface area contributed by atoms with Crippen LogP contribution >= 0.6 is 0 Å². The summed E-state index contributed by atoms with van der Waals surface area (Å²) in [4.78, 5) is 0. The van der Waals surface area contributed by atoms with E-state index in [2.05, 4.69) is 13.8 Å². The highest BCUT2D eigenvalue weighted by molar-refractivity contribution is 7.82. The van der Waals surface area contributed by atoms with Crippen molar-refractivity contribution < 1.29 is 16.8 Å². The van der Waals surface area contributed by atoms with E-state index in [0.717, 1.165) is 6.42 Å². The molecule has 76 valence electrons. The second-order valence-corrected chi connectivity index (χ2v) is 5.49. The quantitative estimate of drug-likeness (QED) is 0.601. The zero-order valence-electron chi connectivity index (χ0n) is 7.82. The number of hydrogen-bond acceptors (Lipinski definition) is 4. The van der Waals surface area contributed by atoms with E-state index >= 15 is 0 Å². The van der Waals surface area contributed by atoms with Crippen molar-refractivity contribution in [2.75, 3.05) is 0 Å². The van der Waals surface area contributed by atoms with Gasteiger partial charge in [-0.05, 0) is 18.3 Å². The SMILES string of the molecule is CC1CC(C)CC2(C1)OS(=O)(=O)O2. The van der Waals surface area contributed by atoms with E-state index in [1.54, 1.807) is 0 Å². The van der Waals surface area contributed by atoms with Gasteiger partial charge in [0.2, 0.25) is 5.79 Å². The molecule has 2 fully saturated rings. The minimum atomic E-state index is -3.64. The lowest BCUT2D eigenvalue weighted by Crippen LogP contribution is -2.54. The van der Waals surface area contributed by atoms with Gasteiger partial charge in [0.05, 0.1) is 0 Å². The molecule has 0 aromatic heterocycles. The molecule has 0 amide bonds. The molecule has 0 radical (unpaired) electrons. The fourth-order valence-electron chi connectivity index (χ4n) is 2.51. The van der Waals surface area contributed by atoms with Crippen LogP contribution < -0.4 is 0 Å². The molecule has 0 aromatic rings. The van der Waals surface area contributed by atoms with Gasteiger partial charge in [-0.15, -0.1) is 0 Å². The van der Waals surface area contributed by atoms with Crippen LogP contribution in [0.1, 0.15) is 33.1 Å². The molecule has 1 heterocycles. The van der Waals surface area contributed by atoms with E-state index in [4.69, 9.17) is 8.37 Å². The smallest absolute Gasteiger partial charge is 0.212 e. The van der Waals surface area contributed by atoms with Crippen LogP contribution in [-0.4, -0.2) is 14.2 Å². The van der Waals surface area contributed by atoms with Gasteiger partial charge in [-0.25, -0.2) is 8.37 Å². The van der Waals surface area contributed by atoms with Gasteiger partial charge in [-0.3, -0.25) is 0 Å². The maximum atomic E-state index is 10.7. The minimum absolute atomic E-state index is 0.472. The van der Waals surface area contributed by atoms with E-state index in [9.17, 15) is 8.42 Å². The molecule has 1 aliphatic carbocycles. The molecule has 0 aromatic carbocycles. The summed E-state index contributed by atoms with van der Waals surface area (Å²) in [6.45, 7) is 4.18. The third-order valence-corrected chi connectivity index (χ3v) is 3.65. The first-order valence-corrected chi connectivity index (χ1v) is 5.90. The maximum absolute atomic E-state index is 10.7. The Hall–Kier alpha value is -0.130. The fourth-order valence-corrected chi connectivity index (χ4v) is 3.54. The fraction of sp³-hybridized carbons (Fsp3) is 1.00. The molecular formula is C8H14O4S. The third kappa shape index (κ3) is 1.73. The average Bonchev–Trinajstić information content (AvgIpc) is 1.77. The minimum Gasteiger partial charge on any atom is -0.212 e. The molecule has 0 N–H and O–H groups in total. The molecule has 1 saturated heterocycles. The second-order valence-electron chi connectivity index (χ2n) is 4.34. The predicted octanol–water partition coefficient (Wildman–Crippen LogP) is 1.43. The number of rotatable bonds is 0. The van der Waals surface area contributed by atoms with Crippen molar-refractivity contribution in [1.82, 2.24) is 0 Å². The Morgan fingerprint density at radius 1 is 1.15 bits per heavy atom. The Morgan fingerprint density at radius 3 is 2.00 bits per heavy atom. The first-order valence-electron chi connectivity index (χ1n) is 4.57. The van der Waals surface area contributed by atoms with Gasteiger partial charge in [0, 0.05) is 12.8 Å². The predicted molar refractivity (Wildman–Crippen MR) is 46.0 cm³/mol. The van der Waals surface area contributed by atoms with Crippen molar-refractivity contribution in [1.29, 1.82) is 0 Å². The Balaban J connectivity index is 2.09. The lowest BCUT2D eigenvalue weighted by molar-refractivity contribution is -0.220. The Morgan fingerprint density at radius 2 is 1.62 bits per heavy atom. The topological polar surface area (TPSA) is 52.6 Å². The van der Waals surface area contributed by atoms with Gasteiger partial charge in [-0.2, -0.15) is 8.42 Å². The zero-order valence-corrected chi connectivity index (χ0v) is 8.63. The highest BCUT2D eigenvalue weighted by Crippen LogP contribution is 2.46. The molecule has 13 heavy (non-hydrogen) atoms. The van der Waals surface area contributed by atoms with Gasteiger partial charge in [-0.1, -0.05) is 13.8 Å². The molecule has 1 spiro atoms. The van der Waals surface area contributed by atoms with Crippen molar-refractivity contribution in [2.45, 2.75) is 38.9 Å². The van der Waals surface area contributed by atoms with E-state index < -0.39 is 16.2 Å². The zero-order chi connectivity index (χ0) is 9.69. The lowest BCUT2D eigenvalue weighted by Gasteiger charge is -2.45. The van der Waals surface area contributed by atoms with Crippen molar-refractivity contribution in [3.05, 3.63) is 0 Å².